The molecule has 0 saturated heterocycles. The summed E-state index contributed by atoms with van der Waals surface area (Å²) >= 11 is 3.42. The molecule has 0 unspecified atom stereocenters. The Morgan fingerprint density at radius 1 is 1.42 bits per heavy atom. The SMILES string of the molecule is CC(C)(C[C@@](C)(CO)c1cccc(Br)c1)OC(N)=O. The summed E-state index contributed by atoms with van der Waals surface area (Å²) < 4.78 is 6.05. The Labute approximate surface area is 122 Å². The van der Waals surface area contributed by atoms with Gasteiger partial charge in [-0.25, -0.2) is 4.79 Å². The van der Waals surface area contributed by atoms with Crippen molar-refractivity contribution in [2.24, 2.45) is 5.73 Å². The number of primary amides is 1. The Balaban J connectivity index is 3.01. The highest BCUT2D eigenvalue weighted by Crippen LogP contribution is 2.35. The number of aliphatic hydroxyl groups excluding tert-OH is 1. The van der Waals surface area contributed by atoms with E-state index in [2.05, 4.69) is 15.9 Å². The molecule has 1 rings (SSSR count). The average molecular weight is 330 g/mol. The summed E-state index contributed by atoms with van der Waals surface area (Å²) in [6.45, 7) is 5.45. The fraction of sp³-hybridized carbons (Fsp3) is 0.500. The molecule has 19 heavy (non-hydrogen) atoms. The Kier molecular flexibility index (Phi) is 4.98. The number of nitrogens with two attached hydrogens (primary N) is 1. The third kappa shape index (κ3) is 4.51. The number of ether oxygens (including phenoxy) is 1. The maximum atomic E-state index is 10.9. The number of carbonyl (C=O) groups excluding carboxylic acids is 1. The van der Waals surface area contributed by atoms with Gasteiger partial charge in [0.15, 0.2) is 0 Å². The maximum Gasteiger partial charge on any atom is 0.405 e. The van der Waals surface area contributed by atoms with Crippen LogP contribution in [0, 0.1) is 0 Å². The van der Waals surface area contributed by atoms with E-state index >= 15 is 0 Å². The number of hydrogen-bond acceptors (Lipinski definition) is 3. The van der Waals surface area contributed by atoms with E-state index in [1.807, 2.05) is 31.2 Å². The van der Waals surface area contributed by atoms with Crippen LogP contribution in [0.3, 0.4) is 0 Å². The number of hydrogen-bond donors (Lipinski definition) is 2. The molecule has 0 aliphatic carbocycles. The molecule has 0 bridgehead atoms. The van der Waals surface area contributed by atoms with E-state index in [0.717, 1.165) is 10.0 Å². The third-order valence-electron chi connectivity index (χ3n) is 3.06. The molecule has 1 aromatic carbocycles. The fourth-order valence-corrected chi connectivity index (χ4v) is 2.76. The smallest absolute Gasteiger partial charge is 0.405 e. The molecule has 0 aliphatic rings. The normalized spacial score (nSPS) is 14.8. The Morgan fingerprint density at radius 3 is 2.53 bits per heavy atom. The van der Waals surface area contributed by atoms with Gasteiger partial charge in [-0.15, -0.1) is 0 Å². The predicted molar refractivity (Wildman–Crippen MR) is 77.9 cm³/mol. The van der Waals surface area contributed by atoms with Crippen LogP contribution in [0.4, 0.5) is 4.79 Å². The van der Waals surface area contributed by atoms with Crippen molar-refractivity contribution in [3.05, 3.63) is 34.3 Å². The molecular weight excluding hydrogens is 310 g/mol. The van der Waals surface area contributed by atoms with Crippen LogP contribution in [0.15, 0.2) is 28.7 Å². The summed E-state index contributed by atoms with van der Waals surface area (Å²) in [5, 5.41) is 9.74. The highest BCUT2D eigenvalue weighted by Gasteiger charge is 2.35. The Hall–Kier alpha value is -1.07. The maximum absolute atomic E-state index is 10.9. The summed E-state index contributed by atoms with van der Waals surface area (Å²) in [6.07, 6.45) is -0.338. The van der Waals surface area contributed by atoms with Gasteiger partial charge in [-0.1, -0.05) is 35.0 Å². The Bertz CT molecular complexity index is 462. The van der Waals surface area contributed by atoms with Crippen LogP contribution >= 0.6 is 15.9 Å². The van der Waals surface area contributed by atoms with Gasteiger partial charge in [0, 0.05) is 9.89 Å². The lowest BCUT2D eigenvalue weighted by atomic mass is 9.75. The molecule has 0 saturated carbocycles. The second kappa shape index (κ2) is 5.92. The molecule has 4 nitrogen and oxygen atoms in total. The van der Waals surface area contributed by atoms with Crippen LogP contribution in [-0.2, 0) is 10.2 Å². The third-order valence-corrected chi connectivity index (χ3v) is 3.56. The topological polar surface area (TPSA) is 72.6 Å². The van der Waals surface area contributed by atoms with Crippen LogP contribution in [0.5, 0.6) is 0 Å². The summed E-state index contributed by atoms with van der Waals surface area (Å²) in [7, 11) is 0. The van der Waals surface area contributed by atoms with Crippen molar-refractivity contribution < 1.29 is 14.6 Å². The minimum Gasteiger partial charge on any atom is -0.444 e. The van der Waals surface area contributed by atoms with Crippen molar-refractivity contribution in [2.45, 2.75) is 38.2 Å². The molecule has 3 N–H and O–H groups in total. The molecule has 106 valence electrons. The standard InChI is InChI=1S/C14H20BrNO3/c1-13(2,19-12(16)18)8-14(3,9-17)10-5-4-6-11(15)7-10/h4-7,17H,8-9H2,1-3H3,(H2,16,18)/t14-/m0/s1. The van der Waals surface area contributed by atoms with Gasteiger partial charge in [-0.3, -0.25) is 0 Å². The molecule has 0 heterocycles. The first-order valence-corrected chi connectivity index (χ1v) is 6.83. The van der Waals surface area contributed by atoms with Gasteiger partial charge in [0.05, 0.1) is 6.61 Å². The second-order valence-electron chi connectivity index (χ2n) is 5.59. The van der Waals surface area contributed by atoms with Crippen molar-refractivity contribution in [3.8, 4) is 0 Å². The van der Waals surface area contributed by atoms with Gasteiger partial charge in [-0.2, -0.15) is 0 Å². The molecule has 5 heteroatoms. The number of benzene rings is 1. The summed E-state index contributed by atoms with van der Waals surface area (Å²) in [6, 6.07) is 7.74. The Morgan fingerprint density at radius 2 is 2.05 bits per heavy atom. The van der Waals surface area contributed by atoms with E-state index in [1.54, 1.807) is 13.8 Å². The molecule has 1 atom stereocenters. The molecular formula is C14H20BrNO3. The van der Waals surface area contributed by atoms with E-state index < -0.39 is 17.1 Å². The van der Waals surface area contributed by atoms with Crippen molar-refractivity contribution in [3.63, 3.8) is 0 Å². The van der Waals surface area contributed by atoms with E-state index in [4.69, 9.17) is 10.5 Å². The molecule has 0 radical (unpaired) electrons. The molecule has 0 aromatic heterocycles. The van der Waals surface area contributed by atoms with Gasteiger partial charge in [0.1, 0.15) is 5.60 Å². The van der Waals surface area contributed by atoms with E-state index in [0.29, 0.717) is 6.42 Å². The van der Waals surface area contributed by atoms with Crippen molar-refractivity contribution in [1.29, 1.82) is 0 Å². The van der Waals surface area contributed by atoms with Gasteiger partial charge < -0.3 is 15.6 Å². The van der Waals surface area contributed by atoms with E-state index in [9.17, 15) is 9.90 Å². The van der Waals surface area contributed by atoms with Crippen LogP contribution in [0.2, 0.25) is 0 Å². The largest absolute Gasteiger partial charge is 0.444 e. The number of carbonyl (C=O) groups is 1. The van der Waals surface area contributed by atoms with Gasteiger partial charge >= 0.3 is 6.09 Å². The zero-order valence-electron chi connectivity index (χ0n) is 11.4. The minimum absolute atomic E-state index is 0.0466. The number of aliphatic hydroxyl groups is 1. The lowest BCUT2D eigenvalue weighted by Crippen LogP contribution is -2.40. The molecule has 1 aromatic rings. The first kappa shape index (κ1) is 16.0. The first-order valence-electron chi connectivity index (χ1n) is 6.04. The van der Waals surface area contributed by atoms with Gasteiger partial charge in [0.2, 0.25) is 0 Å². The second-order valence-corrected chi connectivity index (χ2v) is 6.50. The number of rotatable bonds is 5. The summed E-state index contributed by atoms with van der Waals surface area (Å²) in [5.41, 5.74) is 4.79. The highest BCUT2D eigenvalue weighted by atomic mass is 79.9. The molecule has 0 fully saturated rings. The average Bonchev–Trinajstić information content (AvgIpc) is 2.26. The van der Waals surface area contributed by atoms with E-state index in [-0.39, 0.29) is 6.61 Å². The lowest BCUT2D eigenvalue weighted by Gasteiger charge is -2.36. The highest BCUT2D eigenvalue weighted by molar-refractivity contribution is 9.10. The van der Waals surface area contributed by atoms with Crippen molar-refractivity contribution >= 4 is 22.0 Å². The zero-order chi connectivity index (χ0) is 14.7. The van der Waals surface area contributed by atoms with Gasteiger partial charge in [-0.05, 0) is 38.0 Å². The van der Waals surface area contributed by atoms with Crippen molar-refractivity contribution in [1.82, 2.24) is 0 Å². The minimum atomic E-state index is -0.806. The number of halogens is 1. The number of amides is 1. The van der Waals surface area contributed by atoms with Crippen LogP contribution in [-0.4, -0.2) is 23.4 Å². The molecule has 0 spiro atoms. The monoisotopic (exact) mass is 329 g/mol. The predicted octanol–water partition coefficient (Wildman–Crippen LogP) is 2.96. The first-order chi connectivity index (χ1) is 8.68. The molecule has 1 amide bonds. The zero-order valence-corrected chi connectivity index (χ0v) is 13.0. The quantitative estimate of drug-likeness (QED) is 0.872. The van der Waals surface area contributed by atoms with Crippen LogP contribution in [0.25, 0.3) is 0 Å². The fourth-order valence-electron chi connectivity index (χ4n) is 2.36. The molecule has 0 aliphatic heterocycles. The van der Waals surface area contributed by atoms with E-state index in [1.165, 1.54) is 0 Å². The summed E-state index contributed by atoms with van der Waals surface area (Å²) in [4.78, 5) is 10.9. The van der Waals surface area contributed by atoms with Crippen molar-refractivity contribution in [2.75, 3.05) is 6.61 Å². The summed E-state index contributed by atoms with van der Waals surface area (Å²) in [5.74, 6) is 0. The lowest BCUT2D eigenvalue weighted by molar-refractivity contribution is 0.0127. The van der Waals surface area contributed by atoms with Crippen LogP contribution in [0.1, 0.15) is 32.8 Å². The van der Waals surface area contributed by atoms with Gasteiger partial charge in [0.25, 0.3) is 0 Å². The van der Waals surface area contributed by atoms with Crippen LogP contribution < -0.4 is 5.73 Å².